The zero-order valence-corrected chi connectivity index (χ0v) is 12.7. The smallest absolute Gasteiger partial charge is 0.410 e. The van der Waals surface area contributed by atoms with Crippen molar-refractivity contribution in [3.8, 4) is 0 Å². The van der Waals surface area contributed by atoms with Crippen molar-refractivity contribution < 1.29 is 19.2 Å². The molecule has 116 valence electrons. The summed E-state index contributed by atoms with van der Waals surface area (Å²) in [5, 5.41) is 0. The van der Waals surface area contributed by atoms with E-state index < -0.39 is 11.6 Å². The lowest BCUT2D eigenvalue weighted by atomic mass is 10.1. The van der Waals surface area contributed by atoms with E-state index in [1.165, 1.54) is 0 Å². The largest absolute Gasteiger partial charge is 0.444 e. The first kappa shape index (κ1) is 16.7. The Labute approximate surface area is 119 Å². The van der Waals surface area contributed by atoms with Crippen LogP contribution in [-0.2, 0) is 14.4 Å². The van der Waals surface area contributed by atoms with Crippen LogP contribution < -0.4 is 5.90 Å². The molecule has 1 atom stereocenters. The predicted molar refractivity (Wildman–Crippen MR) is 73.7 cm³/mol. The van der Waals surface area contributed by atoms with E-state index in [9.17, 15) is 9.59 Å². The van der Waals surface area contributed by atoms with Crippen molar-refractivity contribution >= 4 is 12.1 Å². The van der Waals surface area contributed by atoms with Crippen LogP contribution >= 0.6 is 0 Å². The number of hydrogen-bond donors (Lipinski definition) is 1. The third-order valence-corrected chi connectivity index (χ3v) is 3.07. The summed E-state index contributed by atoms with van der Waals surface area (Å²) in [6.07, 6.45) is -0.286. The highest BCUT2D eigenvalue weighted by Crippen LogP contribution is 2.12. The summed E-state index contributed by atoms with van der Waals surface area (Å²) in [5.74, 6) is 4.17. The molecule has 0 aromatic heterocycles. The summed E-state index contributed by atoms with van der Waals surface area (Å²) in [4.78, 5) is 31.2. The van der Waals surface area contributed by atoms with Crippen LogP contribution in [0.15, 0.2) is 0 Å². The highest BCUT2D eigenvalue weighted by atomic mass is 16.7. The zero-order valence-electron chi connectivity index (χ0n) is 12.7. The van der Waals surface area contributed by atoms with Crippen LogP contribution in [0.2, 0.25) is 0 Å². The number of carbonyl (C=O) groups is 2. The van der Waals surface area contributed by atoms with Gasteiger partial charge in [-0.15, -0.1) is 0 Å². The van der Waals surface area contributed by atoms with Crippen LogP contribution in [0.1, 0.15) is 27.7 Å². The fraction of sp³-hybridized carbons (Fsp3) is 0.846. The highest BCUT2D eigenvalue weighted by Gasteiger charge is 2.27. The fourth-order valence-electron chi connectivity index (χ4n) is 2.02. The summed E-state index contributed by atoms with van der Waals surface area (Å²) in [7, 11) is 0. The molecule has 0 spiro atoms. The Balaban J connectivity index is 2.36. The molecule has 0 aromatic carbocycles. The van der Waals surface area contributed by atoms with Crippen molar-refractivity contribution in [2.45, 2.75) is 33.3 Å². The molecule has 0 aromatic rings. The minimum Gasteiger partial charge on any atom is -0.444 e. The number of hydrogen-bond acceptors (Lipinski definition) is 6. The van der Waals surface area contributed by atoms with Crippen molar-refractivity contribution in [3.05, 3.63) is 0 Å². The zero-order chi connectivity index (χ0) is 15.3. The van der Waals surface area contributed by atoms with Gasteiger partial charge in [-0.1, -0.05) is 6.92 Å². The average molecular weight is 287 g/mol. The first-order valence-corrected chi connectivity index (χ1v) is 6.84. The molecule has 1 aliphatic rings. The third kappa shape index (κ3) is 5.34. The maximum Gasteiger partial charge on any atom is 0.410 e. The lowest BCUT2D eigenvalue weighted by Crippen LogP contribution is -2.51. The van der Waals surface area contributed by atoms with Gasteiger partial charge in [0.2, 0.25) is 0 Å². The Kier molecular flexibility index (Phi) is 5.76. The number of ether oxygens (including phenoxy) is 1. The molecule has 2 N–H and O–H groups in total. The van der Waals surface area contributed by atoms with Gasteiger partial charge in [0.05, 0.1) is 5.92 Å². The van der Waals surface area contributed by atoms with Crippen molar-refractivity contribution in [3.63, 3.8) is 0 Å². The van der Waals surface area contributed by atoms with Crippen LogP contribution in [0.5, 0.6) is 0 Å². The number of nitrogens with two attached hydrogens (primary N) is 1. The van der Waals surface area contributed by atoms with Gasteiger partial charge >= 0.3 is 12.1 Å². The highest BCUT2D eigenvalue weighted by molar-refractivity contribution is 5.71. The number of nitrogens with zero attached hydrogens (tertiary/aromatic N) is 2. The summed E-state index contributed by atoms with van der Waals surface area (Å²) < 4.78 is 5.33. The first-order chi connectivity index (χ1) is 9.23. The molecule has 1 saturated heterocycles. The number of rotatable bonds is 3. The standard InChI is InChI=1S/C13H25N3O4/c1-10(11(17)20-14)9-15-5-7-16(8-6-15)12(18)19-13(2,3)4/h10H,5-9,14H2,1-4H3. The first-order valence-electron chi connectivity index (χ1n) is 6.84. The number of amides is 1. The van der Waals surface area contributed by atoms with Crippen molar-refractivity contribution in [2.75, 3.05) is 32.7 Å². The predicted octanol–water partition coefficient (Wildman–Crippen LogP) is 0.592. The van der Waals surface area contributed by atoms with E-state index in [1.807, 2.05) is 20.8 Å². The molecule has 1 aliphatic heterocycles. The van der Waals surface area contributed by atoms with Gasteiger partial charge in [0, 0.05) is 32.7 Å². The molecule has 0 bridgehead atoms. The Morgan fingerprint density at radius 2 is 1.75 bits per heavy atom. The third-order valence-electron chi connectivity index (χ3n) is 3.07. The van der Waals surface area contributed by atoms with Crippen molar-refractivity contribution in [1.29, 1.82) is 0 Å². The van der Waals surface area contributed by atoms with E-state index >= 15 is 0 Å². The Bertz CT molecular complexity index is 346. The Morgan fingerprint density at radius 3 is 2.20 bits per heavy atom. The fourth-order valence-corrected chi connectivity index (χ4v) is 2.02. The van der Waals surface area contributed by atoms with E-state index in [1.54, 1.807) is 11.8 Å². The quantitative estimate of drug-likeness (QED) is 0.765. The van der Waals surface area contributed by atoms with E-state index in [-0.39, 0.29) is 12.0 Å². The summed E-state index contributed by atoms with van der Waals surface area (Å²) in [6.45, 7) is 10.5. The summed E-state index contributed by atoms with van der Waals surface area (Å²) >= 11 is 0. The van der Waals surface area contributed by atoms with Gasteiger partial charge in [0.25, 0.3) is 0 Å². The monoisotopic (exact) mass is 287 g/mol. The average Bonchev–Trinajstić information content (AvgIpc) is 2.36. The van der Waals surface area contributed by atoms with Crippen LogP contribution in [0.25, 0.3) is 0 Å². The van der Waals surface area contributed by atoms with Crippen molar-refractivity contribution in [1.82, 2.24) is 9.80 Å². The molecule has 1 amide bonds. The second kappa shape index (κ2) is 6.90. The summed E-state index contributed by atoms with van der Waals surface area (Å²) in [6, 6.07) is 0. The SMILES string of the molecule is CC(CN1CCN(C(=O)OC(C)(C)C)CC1)C(=O)ON. The topological polar surface area (TPSA) is 85.1 Å². The van der Waals surface area contributed by atoms with Gasteiger partial charge in [-0.05, 0) is 20.8 Å². The maximum atomic E-state index is 11.9. The molecule has 1 rings (SSSR count). The Hall–Kier alpha value is -1.34. The van der Waals surface area contributed by atoms with Gasteiger partial charge in [-0.3, -0.25) is 9.69 Å². The molecule has 0 aliphatic carbocycles. The maximum absolute atomic E-state index is 11.9. The van der Waals surface area contributed by atoms with Crippen LogP contribution in [0, 0.1) is 5.92 Å². The van der Waals surface area contributed by atoms with Gasteiger partial charge in [0.1, 0.15) is 5.60 Å². The van der Waals surface area contributed by atoms with E-state index in [0.29, 0.717) is 32.7 Å². The molecular weight excluding hydrogens is 262 g/mol. The second-order valence-electron chi connectivity index (χ2n) is 6.11. The molecule has 20 heavy (non-hydrogen) atoms. The molecule has 7 heteroatoms. The number of carbonyl (C=O) groups excluding carboxylic acids is 2. The molecule has 1 fully saturated rings. The van der Waals surface area contributed by atoms with Crippen LogP contribution in [-0.4, -0.2) is 60.2 Å². The van der Waals surface area contributed by atoms with E-state index in [2.05, 4.69) is 9.74 Å². The summed E-state index contributed by atoms with van der Waals surface area (Å²) in [5.41, 5.74) is -0.479. The van der Waals surface area contributed by atoms with Crippen LogP contribution in [0.3, 0.4) is 0 Å². The minimum absolute atomic E-state index is 0.270. The molecule has 0 saturated carbocycles. The lowest BCUT2D eigenvalue weighted by molar-refractivity contribution is -0.149. The van der Waals surface area contributed by atoms with Crippen LogP contribution in [0.4, 0.5) is 4.79 Å². The second-order valence-corrected chi connectivity index (χ2v) is 6.11. The Morgan fingerprint density at radius 1 is 1.20 bits per heavy atom. The lowest BCUT2D eigenvalue weighted by Gasteiger charge is -2.36. The van der Waals surface area contributed by atoms with E-state index in [4.69, 9.17) is 10.6 Å². The molecule has 0 radical (unpaired) electrons. The van der Waals surface area contributed by atoms with Gasteiger partial charge in [-0.2, -0.15) is 5.90 Å². The van der Waals surface area contributed by atoms with Crippen molar-refractivity contribution in [2.24, 2.45) is 11.8 Å². The van der Waals surface area contributed by atoms with E-state index in [0.717, 1.165) is 0 Å². The molecular formula is C13H25N3O4. The van der Waals surface area contributed by atoms with Gasteiger partial charge in [0.15, 0.2) is 0 Å². The molecule has 1 heterocycles. The number of piperazine rings is 1. The molecule has 7 nitrogen and oxygen atoms in total. The minimum atomic E-state index is -0.479. The molecule has 1 unspecified atom stereocenters. The van der Waals surface area contributed by atoms with Gasteiger partial charge < -0.3 is 14.5 Å². The van der Waals surface area contributed by atoms with Gasteiger partial charge in [-0.25, -0.2) is 4.79 Å². The normalized spacial score (nSPS) is 18.6.